The molecule has 0 aliphatic carbocycles. The topological polar surface area (TPSA) is 55.1 Å². The van der Waals surface area contributed by atoms with E-state index < -0.39 is 0 Å². The van der Waals surface area contributed by atoms with Gasteiger partial charge < -0.3 is 11.1 Å². The molecule has 0 spiro atoms. The van der Waals surface area contributed by atoms with Crippen LogP contribution in [-0.2, 0) is 6.42 Å². The lowest BCUT2D eigenvalue weighted by atomic mass is 10.1. The lowest BCUT2D eigenvalue weighted by Crippen LogP contribution is -2.26. The standard InChI is InChI=1S/C15H18N2OS/c1-11(14-3-2-10-19-14)17-15(18)13-6-4-12(5-7-13)8-9-16/h2-7,10-11H,8-9,16H2,1H3,(H,17,18). The van der Waals surface area contributed by atoms with Crippen molar-refractivity contribution in [2.75, 3.05) is 6.54 Å². The molecular formula is C15H18N2OS. The molecule has 0 bridgehead atoms. The smallest absolute Gasteiger partial charge is 0.251 e. The molecular weight excluding hydrogens is 256 g/mol. The Bertz CT molecular complexity index is 520. The van der Waals surface area contributed by atoms with Gasteiger partial charge in [-0.1, -0.05) is 18.2 Å². The van der Waals surface area contributed by atoms with E-state index in [0.717, 1.165) is 16.9 Å². The van der Waals surface area contributed by atoms with Gasteiger partial charge in [-0.05, 0) is 49.0 Å². The molecule has 1 aromatic carbocycles. The molecule has 0 saturated heterocycles. The fourth-order valence-electron chi connectivity index (χ4n) is 1.88. The van der Waals surface area contributed by atoms with Crippen molar-refractivity contribution in [2.45, 2.75) is 19.4 Å². The predicted octanol–water partition coefficient (Wildman–Crippen LogP) is 2.74. The molecule has 0 radical (unpaired) electrons. The number of benzene rings is 1. The Balaban J connectivity index is 1.99. The zero-order valence-electron chi connectivity index (χ0n) is 10.9. The first-order valence-corrected chi connectivity index (χ1v) is 7.22. The lowest BCUT2D eigenvalue weighted by molar-refractivity contribution is 0.0940. The van der Waals surface area contributed by atoms with Gasteiger partial charge in [-0.2, -0.15) is 0 Å². The number of nitrogens with two attached hydrogens (primary N) is 1. The summed E-state index contributed by atoms with van der Waals surface area (Å²) in [4.78, 5) is 13.2. The van der Waals surface area contributed by atoms with Gasteiger partial charge in [-0.3, -0.25) is 4.79 Å². The molecule has 3 nitrogen and oxygen atoms in total. The highest BCUT2D eigenvalue weighted by Crippen LogP contribution is 2.18. The highest BCUT2D eigenvalue weighted by atomic mass is 32.1. The van der Waals surface area contributed by atoms with E-state index in [-0.39, 0.29) is 11.9 Å². The molecule has 4 heteroatoms. The molecule has 0 aliphatic heterocycles. The Morgan fingerprint density at radius 3 is 2.63 bits per heavy atom. The van der Waals surface area contributed by atoms with Gasteiger partial charge in [0.2, 0.25) is 0 Å². The molecule has 100 valence electrons. The number of hydrogen-bond donors (Lipinski definition) is 2. The van der Waals surface area contributed by atoms with Crippen LogP contribution in [0.3, 0.4) is 0 Å². The van der Waals surface area contributed by atoms with E-state index in [0.29, 0.717) is 12.1 Å². The minimum atomic E-state index is -0.0415. The summed E-state index contributed by atoms with van der Waals surface area (Å²) in [5.74, 6) is -0.0415. The van der Waals surface area contributed by atoms with E-state index in [2.05, 4.69) is 5.32 Å². The van der Waals surface area contributed by atoms with Gasteiger partial charge in [0, 0.05) is 10.4 Å². The molecule has 1 atom stereocenters. The lowest BCUT2D eigenvalue weighted by Gasteiger charge is -2.12. The molecule has 3 N–H and O–H groups in total. The average molecular weight is 274 g/mol. The van der Waals surface area contributed by atoms with E-state index in [4.69, 9.17) is 5.73 Å². The van der Waals surface area contributed by atoms with Gasteiger partial charge in [-0.25, -0.2) is 0 Å². The normalized spacial score (nSPS) is 12.1. The summed E-state index contributed by atoms with van der Waals surface area (Å²) in [5.41, 5.74) is 7.34. The van der Waals surface area contributed by atoms with Crippen LogP contribution < -0.4 is 11.1 Å². The Morgan fingerprint density at radius 2 is 2.05 bits per heavy atom. The van der Waals surface area contributed by atoms with Crippen LogP contribution in [0.1, 0.15) is 33.8 Å². The molecule has 2 aromatic rings. The largest absolute Gasteiger partial charge is 0.345 e. The summed E-state index contributed by atoms with van der Waals surface area (Å²) in [7, 11) is 0. The molecule has 0 fully saturated rings. The van der Waals surface area contributed by atoms with Crippen molar-refractivity contribution >= 4 is 17.2 Å². The monoisotopic (exact) mass is 274 g/mol. The number of thiophene rings is 1. The van der Waals surface area contributed by atoms with Crippen LogP contribution in [0.5, 0.6) is 0 Å². The van der Waals surface area contributed by atoms with Crippen molar-refractivity contribution in [3.8, 4) is 0 Å². The maximum atomic E-state index is 12.1. The van der Waals surface area contributed by atoms with Gasteiger partial charge in [0.25, 0.3) is 5.91 Å². The van der Waals surface area contributed by atoms with Crippen molar-refractivity contribution in [1.29, 1.82) is 0 Å². The maximum absolute atomic E-state index is 12.1. The van der Waals surface area contributed by atoms with Crippen molar-refractivity contribution in [3.63, 3.8) is 0 Å². The number of carbonyl (C=O) groups is 1. The zero-order valence-corrected chi connectivity index (χ0v) is 11.7. The summed E-state index contributed by atoms with van der Waals surface area (Å²) >= 11 is 1.65. The van der Waals surface area contributed by atoms with Crippen molar-refractivity contribution in [3.05, 3.63) is 57.8 Å². The fourth-order valence-corrected chi connectivity index (χ4v) is 2.61. The molecule has 19 heavy (non-hydrogen) atoms. The van der Waals surface area contributed by atoms with Gasteiger partial charge in [0.1, 0.15) is 0 Å². The second-order valence-electron chi connectivity index (χ2n) is 4.45. The second-order valence-corrected chi connectivity index (χ2v) is 5.43. The molecule has 2 rings (SSSR count). The Labute approximate surface area is 117 Å². The third-order valence-electron chi connectivity index (χ3n) is 2.97. The first kappa shape index (κ1) is 13.8. The molecule has 1 aromatic heterocycles. The van der Waals surface area contributed by atoms with Crippen LogP contribution in [0, 0.1) is 0 Å². The van der Waals surface area contributed by atoms with E-state index >= 15 is 0 Å². The van der Waals surface area contributed by atoms with E-state index in [1.807, 2.05) is 48.7 Å². The van der Waals surface area contributed by atoms with Crippen molar-refractivity contribution < 1.29 is 4.79 Å². The summed E-state index contributed by atoms with van der Waals surface area (Å²) in [5, 5.41) is 5.01. The summed E-state index contributed by atoms with van der Waals surface area (Å²) in [6.07, 6.45) is 0.841. The van der Waals surface area contributed by atoms with Crippen LogP contribution >= 0.6 is 11.3 Å². The van der Waals surface area contributed by atoms with E-state index in [1.165, 1.54) is 0 Å². The minimum Gasteiger partial charge on any atom is -0.345 e. The summed E-state index contributed by atoms with van der Waals surface area (Å²) < 4.78 is 0. The first-order chi connectivity index (χ1) is 9.20. The van der Waals surface area contributed by atoms with Crippen LogP contribution in [0.2, 0.25) is 0 Å². The SMILES string of the molecule is CC(NC(=O)c1ccc(CCN)cc1)c1cccs1. The third kappa shape index (κ3) is 3.66. The quantitative estimate of drug-likeness (QED) is 0.881. The maximum Gasteiger partial charge on any atom is 0.251 e. The number of carbonyl (C=O) groups excluding carboxylic acids is 1. The van der Waals surface area contributed by atoms with E-state index in [9.17, 15) is 4.79 Å². The molecule has 1 unspecified atom stereocenters. The van der Waals surface area contributed by atoms with Crippen molar-refractivity contribution in [2.24, 2.45) is 5.73 Å². The van der Waals surface area contributed by atoms with Gasteiger partial charge in [0.15, 0.2) is 0 Å². The molecule has 1 amide bonds. The van der Waals surface area contributed by atoms with Gasteiger partial charge in [-0.15, -0.1) is 11.3 Å². The first-order valence-electron chi connectivity index (χ1n) is 6.34. The number of rotatable bonds is 5. The van der Waals surface area contributed by atoms with Crippen LogP contribution in [0.4, 0.5) is 0 Å². The Hall–Kier alpha value is -1.65. The van der Waals surface area contributed by atoms with Crippen LogP contribution in [-0.4, -0.2) is 12.5 Å². The Kier molecular flexibility index (Phi) is 4.71. The van der Waals surface area contributed by atoms with Gasteiger partial charge in [0.05, 0.1) is 6.04 Å². The fraction of sp³-hybridized carbons (Fsp3) is 0.267. The number of hydrogen-bond acceptors (Lipinski definition) is 3. The second kappa shape index (κ2) is 6.50. The third-order valence-corrected chi connectivity index (χ3v) is 4.02. The van der Waals surface area contributed by atoms with Crippen LogP contribution in [0.15, 0.2) is 41.8 Å². The number of amides is 1. The van der Waals surface area contributed by atoms with E-state index in [1.54, 1.807) is 11.3 Å². The summed E-state index contributed by atoms with van der Waals surface area (Å²) in [6, 6.07) is 11.7. The van der Waals surface area contributed by atoms with Crippen LogP contribution in [0.25, 0.3) is 0 Å². The minimum absolute atomic E-state index is 0.0382. The highest BCUT2D eigenvalue weighted by Gasteiger charge is 2.11. The Morgan fingerprint density at radius 1 is 1.32 bits per heavy atom. The van der Waals surface area contributed by atoms with Crippen molar-refractivity contribution in [1.82, 2.24) is 5.32 Å². The average Bonchev–Trinajstić information content (AvgIpc) is 2.94. The highest BCUT2D eigenvalue weighted by molar-refractivity contribution is 7.10. The molecule has 0 aliphatic rings. The molecule has 0 saturated carbocycles. The molecule has 1 heterocycles. The predicted molar refractivity (Wildman–Crippen MR) is 79.4 cm³/mol. The van der Waals surface area contributed by atoms with Gasteiger partial charge >= 0.3 is 0 Å². The zero-order chi connectivity index (χ0) is 13.7. The number of nitrogens with one attached hydrogen (secondary N) is 1. The summed E-state index contributed by atoms with van der Waals surface area (Å²) in [6.45, 7) is 2.62.